The molecule has 2 aromatic carbocycles. The van der Waals surface area contributed by atoms with Crippen molar-refractivity contribution in [1.82, 2.24) is 4.98 Å². The van der Waals surface area contributed by atoms with E-state index in [2.05, 4.69) is 4.98 Å². The number of H-pyrrole nitrogens is 1. The number of carbonyl (C=O) groups is 1. The normalized spacial score (nSPS) is 9.68. The van der Waals surface area contributed by atoms with Crippen molar-refractivity contribution in [1.29, 1.82) is 0 Å². The molecule has 0 aliphatic heterocycles. The number of nitrogens with two attached hydrogens (primary N) is 1. The van der Waals surface area contributed by atoms with Gasteiger partial charge < -0.3 is 15.8 Å². The molecule has 0 fully saturated rings. The fourth-order valence-electron chi connectivity index (χ4n) is 1.64. The summed E-state index contributed by atoms with van der Waals surface area (Å²) in [6, 6.07) is 18.6. The molecule has 0 aliphatic rings. The van der Waals surface area contributed by atoms with Crippen LogP contribution in [0.2, 0.25) is 0 Å². The van der Waals surface area contributed by atoms with E-state index in [9.17, 15) is 4.79 Å². The van der Waals surface area contributed by atoms with Crippen LogP contribution in [0, 0.1) is 0 Å². The Morgan fingerprint density at radius 3 is 2.16 bits per heavy atom. The first-order chi connectivity index (χ1) is 9.16. The van der Waals surface area contributed by atoms with Crippen LogP contribution < -0.4 is 5.73 Å². The molecule has 0 saturated carbocycles. The molecule has 4 nitrogen and oxygen atoms in total. The lowest BCUT2D eigenvalue weighted by Gasteiger charge is -1.84. The van der Waals surface area contributed by atoms with Crippen LogP contribution in [0.25, 0.3) is 10.9 Å². The van der Waals surface area contributed by atoms with Gasteiger partial charge in [0.2, 0.25) is 0 Å². The maximum Gasteiger partial charge on any atom is 0.352 e. The monoisotopic (exact) mass is 254 g/mol. The fraction of sp³-hybridized carbons (Fsp3) is 0. The molecule has 3 rings (SSSR count). The molecule has 1 aromatic heterocycles. The maximum atomic E-state index is 10.5. The number of carboxylic acid groups (broad SMARTS) is 1. The summed E-state index contributed by atoms with van der Waals surface area (Å²) in [5.74, 6) is -0.925. The van der Waals surface area contributed by atoms with Crippen LogP contribution in [0.3, 0.4) is 0 Å². The molecule has 4 N–H and O–H groups in total. The van der Waals surface area contributed by atoms with E-state index in [1.165, 1.54) is 0 Å². The van der Waals surface area contributed by atoms with E-state index in [1.54, 1.807) is 6.07 Å². The van der Waals surface area contributed by atoms with E-state index in [-0.39, 0.29) is 5.69 Å². The maximum absolute atomic E-state index is 10.5. The minimum absolute atomic E-state index is 0.233. The van der Waals surface area contributed by atoms with E-state index in [0.29, 0.717) is 0 Å². The summed E-state index contributed by atoms with van der Waals surface area (Å²) < 4.78 is 0. The summed E-state index contributed by atoms with van der Waals surface area (Å²) in [4.78, 5) is 13.3. The standard InChI is InChI=1S/C9H7NO2.C6H7N/c11-9(12)8-5-6-3-1-2-4-7(6)10-8;7-6-4-2-1-3-5-6/h1-5,10H,(H,11,12);1-5H,7H2. The molecular formula is C15H14N2O2. The van der Waals surface area contributed by atoms with Crippen molar-refractivity contribution in [2.24, 2.45) is 0 Å². The SMILES string of the molecule is Nc1ccccc1.O=C(O)c1cc2ccccc2[nH]1. The third-order valence-corrected chi connectivity index (χ3v) is 2.56. The van der Waals surface area contributed by atoms with Gasteiger partial charge in [-0.2, -0.15) is 0 Å². The molecule has 3 aromatic rings. The second kappa shape index (κ2) is 5.73. The summed E-state index contributed by atoms with van der Waals surface area (Å²) in [5.41, 5.74) is 7.27. The van der Waals surface area contributed by atoms with E-state index >= 15 is 0 Å². The molecule has 0 radical (unpaired) electrons. The van der Waals surface area contributed by atoms with Crippen LogP contribution in [-0.2, 0) is 0 Å². The highest BCUT2D eigenvalue weighted by Gasteiger charge is 2.05. The number of aromatic nitrogens is 1. The van der Waals surface area contributed by atoms with Crippen molar-refractivity contribution < 1.29 is 9.90 Å². The molecule has 0 amide bonds. The van der Waals surface area contributed by atoms with Gasteiger partial charge in [-0.15, -0.1) is 0 Å². The topological polar surface area (TPSA) is 79.1 Å². The lowest BCUT2D eigenvalue weighted by atomic mass is 10.2. The van der Waals surface area contributed by atoms with Crippen LogP contribution in [0.15, 0.2) is 60.7 Å². The molecule has 0 atom stereocenters. The van der Waals surface area contributed by atoms with E-state index in [1.807, 2.05) is 54.6 Å². The van der Waals surface area contributed by atoms with Gasteiger partial charge in [0.15, 0.2) is 0 Å². The van der Waals surface area contributed by atoms with Crippen LogP contribution in [0.4, 0.5) is 5.69 Å². The number of nitrogens with one attached hydrogen (secondary N) is 1. The minimum atomic E-state index is -0.925. The fourth-order valence-corrected chi connectivity index (χ4v) is 1.64. The van der Waals surface area contributed by atoms with Crippen molar-refractivity contribution in [3.05, 3.63) is 66.4 Å². The molecule has 1 heterocycles. The van der Waals surface area contributed by atoms with Crippen molar-refractivity contribution in [3.8, 4) is 0 Å². The number of anilines is 1. The molecule has 4 heteroatoms. The number of hydrogen-bond donors (Lipinski definition) is 3. The van der Waals surface area contributed by atoms with Crippen LogP contribution >= 0.6 is 0 Å². The average molecular weight is 254 g/mol. The van der Waals surface area contributed by atoms with Gasteiger partial charge in [0.05, 0.1) is 0 Å². The Morgan fingerprint density at radius 1 is 1.00 bits per heavy atom. The summed E-state index contributed by atoms with van der Waals surface area (Å²) in [5, 5.41) is 9.58. The van der Waals surface area contributed by atoms with Gasteiger partial charge in [-0.1, -0.05) is 36.4 Å². The second-order valence-corrected chi connectivity index (χ2v) is 3.99. The Labute approximate surface area is 110 Å². The first-order valence-electron chi connectivity index (χ1n) is 5.78. The van der Waals surface area contributed by atoms with Gasteiger partial charge in [0.1, 0.15) is 5.69 Å². The Bertz CT molecular complexity index is 642. The second-order valence-electron chi connectivity index (χ2n) is 3.99. The summed E-state index contributed by atoms with van der Waals surface area (Å²) >= 11 is 0. The van der Waals surface area contributed by atoms with Gasteiger partial charge >= 0.3 is 5.97 Å². The Kier molecular flexibility index (Phi) is 3.83. The smallest absolute Gasteiger partial charge is 0.352 e. The highest BCUT2D eigenvalue weighted by Crippen LogP contribution is 2.13. The quantitative estimate of drug-likeness (QED) is 0.584. The first-order valence-corrected chi connectivity index (χ1v) is 5.78. The Morgan fingerprint density at radius 2 is 1.63 bits per heavy atom. The van der Waals surface area contributed by atoms with Crippen molar-refractivity contribution in [3.63, 3.8) is 0 Å². The highest BCUT2D eigenvalue weighted by atomic mass is 16.4. The van der Waals surface area contributed by atoms with Gasteiger partial charge in [-0.25, -0.2) is 4.79 Å². The van der Waals surface area contributed by atoms with Crippen LogP contribution in [0.5, 0.6) is 0 Å². The van der Waals surface area contributed by atoms with Crippen molar-refractivity contribution in [2.75, 3.05) is 5.73 Å². The number of carboxylic acids is 1. The van der Waals surface area contributed by atoms with Gasteiger partial charge in [0, 0.05) is 16.6 Å². The molecule has 0 bridgehead atoms. The number of aromatic carboxylic acids is 1. The molecule has 0 spiro atoms. The molecule has 19 heavy (non-hydrogen) atoms. The van der Waals surface area contributed by atoms with Crippen LogP contribution in [0.1, 0.15) is 10.5 Å². The van der Waals surface area contributed by atoms with Crippen molar-refractivity contribution >= 4 is 22.6 Å². The Balaban J connectivity index is 0.000000163. The molecular weight excluding hydrogens is 240 g/mol. The summed E-state index contributed by atoms with van der Waals surface area (Å²) in [6.07, 6.45) is 0. The lowest BCUT2D eigenvalue weighted by Crippen LogP contribution is -1.94. The van der Waals surface area contributed by atoms with Gasteiger partial charge in [0.25, 0.3) is 0 Å². The number of fused-ring (bicyclic) bond motifs is 1. The van der Waals surface area contributed by atoms with Gasteiger partial charge in [-0.05, 0) is 24.3 Å². The average Bonchev–Trinajstić information content (AvgIpc) is 2.84. The zero-order valence-corrected chi connectivity index (χ0v) is 10.2. The van der Waals surface area contributed by atoms with Crippen LogP contribution in [-0.4, -0.2) is 16.1 Å². The Hall–Kier alpha value is -2.75. The van der Waals surface area contributed by atoms with E-state index in [0.717, 1.165) is 16.6 Å². The molecule has 0 unspecified atom stereocenters. The minimum Gasteiger partial charge on any atom is -0.477 e. The number of para-hydroxylation sites is 2. The van der Waals surface area contributed by atoms with E-state index in [4.69, 9.17) is 10.8 Å². The predicted octanol–water partition coefficient (Wildman–Crippen LogP) is 3.13. The third kappa shape index (κ3) is 3.35. The van der Waals surface area contributed by atoms with Crippen molar-refractivity contribution in [2.45, 2.75) is 0 Å². The third-order valence-electron chi connectivity index (χ3n) is 2.56. The zero-order valence-electron chi connectivity index (χ0n) is 10.2. The summed E-state index contributed by atoms with van der Waals surface area (Å²) in [6.45, 7) is 0. The zero-order chi connectivity index (χ0) is 13.7. The molecule has 96 valence electrons. The number of rotatable bonds is 1. The van der Waals surface area contributed by atoms with E-state index < -0.39 is 5.97 Å². The molecule has 0 saturated heterocycles. The summed E-state index contributed by atoms with van der Waals surface area (Å²) in [7, 11) is 0. The van der Waals surface area contributed by atoms with Gasteiger partial charge in [-0.3, -0.25) is 0 Å². The number of aromatic amines is 1. The number of nitrogen functional groups attached to an aromatic ring is 1. The molecule has 0 aliphatic carbocycles. The largest absolute Gasteiger partial charge is 0.477 e. The first kappa shape index (κ1) is 12.7. The predicted molar refractivity (Wildman–Crippen MR) is 76.1 cm³/mol. The number of benzene rings is 2. The lowest BCUT2D eigenvalue weighted by molar-refractivity contribution is 0.0691. The number of hydrogen-bond acceptors (Lipinski definition) is 2. The highest BCUT2D eigenvalue weighted by molar-refractivity contribution is 5.93.